The van der Waals surface area contributed by atoms with Crippen molar-refractivity contribution >= 4 is 34.2 Å². The third kappa shape index (κ3) is 3.79. The highest BCUT2D eigenvalue weighted by atomic mass is 127. The van der Waals surface area contributed by atoms with Crippen LogP contribution in [0.2, 0.25) is 0 Å². The Hall–Kier alpha value is -2.14. The lowest BCUT2D eigenvalue weighted by molar-refractivity contribution is 0.0985. The third-order valence-electron chi connectivity index (χ3n) is 3.59. The minimum atomic E-state index is 0.0126. The first-order chi connectivity index (χ1) is 11.3. The second-order valence-corrected chi connectivity index (χ2v) is 6.36. The number of carbonyl (C=O) groups is 1. The zero-order chi connectivity index (χ0) is 16.1. The molecule has 23 heavy (non-hydrogen) atoms. The average Bonchev–Trinajstić information content (AvgIpc) is 2.61. The molecule has 0 atom stereocenters. The molecule has 0 fully saturated rings. The highest BCUT2D eigenvalue weighted by Crippen LogP contribution is 2.25. The van der Waals surface area contributed by atoms with Crippen LogP contribution in [0.5, 0.6) is 0 Å². The zero-order valence-electron chi connectivity index (χ0n) is 12.5. The van der Waals surface area contributed by atoms with E-state index in [0.29, 0.717) is 12.1 Å². The molecule has 1 amide bonds. The summed E-state index contributed by atoms with van der Waals surface area (Å²) in [5, 5.41) is 0. The van der Waals surface area contributed by atoms with Gasteiger partial charge in [0.15, 0.2) is 0 Å². The molecule has 0 spiro atoms. The number of anilines is 1. The maximum Gasteiger partial charge on any atom is 0.258 e. The van der Waals surface area contributed by atoms with Crippen molar-refractivity contribution in [2.45, 2.75) is 6.54 Å². The Kier molecular flexibility index (Phi) is 5.08. The van der Waals surface area contributed by atoms with Gasteiger partial charge < -0.3 is 4.90 Å². The van der Waals surface area contributed by atoms with Gasteiger partial charge in [-0.15, -0.1) is 0 Å². The van der Waals surface area contributed by atoms with Crippen LogP contribution in [0.25, 0.3) is 0 Å². The molecule has 0 heterocycles. The smallest absolute Gasteiger partial charge is 0.258 e. The molecule has 0 aliphatic rings. The molecule has 0 aliphatic heterocycles. The summed E-state index contributed by atoms with van der Waals surface area (Å²) in [5.41, 5.74) is 2.74. The van der Waals surface area contributed by atoms with Crippen molar-refractivity contribution in [1.82, 2.24) is 0 Å². The van der Waals surface area contributed by atoms with E-state index in [4.69, 9.17) is 0 Å². The summed E-state index contributed by atoms with van der Waals surface area (Å²) in [6, 6.07) is 27.4. The van der Waals surface area contributed by atoms with Crippen LogP contribution in [0.1, 0.15) is 15.9 Å². The molecule has 3 rings (SSSR count). The van der Waals surface area contributed by atoms with Gasteiger partial charge in [0.05, 0.1) is 12.2 Å². The van der Waals surface area contributed by atoms with Crippen LogP contribution in [-0.4, -0.2) is 5.91 Å². The topological polar surface area (TPSA) is 20.3 Å². The molecular formula is C20H16INO. The summed E-state index contributed by atoms with van der Waals surface area (Å²) in [6.45, 7) is 0.550. The van der Waals surface area contributed by atoms with Gasteiger partial charge in [0.2, 0.25) is 0 Å². The fraction of sp³-hybridized carbons (Fsp3) is 0.0500. The van der Waals surface area contributed by atoms with Crippen molar-refractivity contribution in [3.63, 3.8) is 0 Å². The van der Waals surface area contributed by atoms with Crippen LogP contribution in [0.15, 0.2) is 84.9 Å². The Labute approximate surface area is 149 Å². The van der Waals surface area contributed by atoms with Crippen LogP contribution < -0.4 is 4.90 Å². The van der Waals surface area contributed by atoms with Gasteiger partial charge in [0, 0.05) is 9.13 Å². The molecule has 0 saturated heterocycles. The second-order valence-electron chi connectivity index (χ2n) is 5.19. The van der Waals surface area contributed by atoms with Crippen LogP contribution >= 0.6 is 22.6 Å². The Morgan fingerprint density at radius 1 is 0.783 bits per heavy atom. The summed E-state index contributed by atoms with van der Waals surface area (Å²) in [6.07, 6.45) is 0. The highest BCUT2D eigenvalue weighted by molar-refractivity contribution is 14.1. The minimum absolute atomic E-state index is 0.0126. The van der Waals surface area contributed by atoms with Crippen molar-refractivity contribution in [3.8, 4) is 0 Å². The van der Waals surface area contributed by atoms with Crippen LogP contribution in [0.3, 0.4) is 0 Å². The molecule has 114 valence electrons. The monoisotopic (exact) mass is 413 g/mol. The van der Waals surface area contributed by atoms with E-state index in [-0.39, 0.29) is 5.91 Å². The van der Waals surface area contributed by atoms with Gasteiger partial charge in [-0.3, -0.25) is 4.79 Å². The first-order valence-electron chi connectivity index (χ1n) is 7.41. The van der Waals surface area contributed by atoms with E-state index >= 15 is 0 Å². The van der Waals surface area contributed by atoms with Gasteiger partial charge in [0.1, 0.15) is 0 Å². The molecule has 0 radical (unpaired) electrons. The maximum absolute atomic E-state index is 13.0. The van der Waals surface area contributed by atoms with Gasteiger partial charge in [0.25, 0.3) is 5.91 Å². The normalized spacial score (nSPS) is 10.3. The largest absolute Gasteiger partial charge is 0.303 e. The minimum Gasteiger partial charge on any atom is -0.303 e. The predicted octanol–water partition coefficient (Wildman–Crippen LogP) is 5.14. The Morgan fingerprint density at radius 2 is 1.35 bits per heavy atom. The molecule has 3 aromatic rings. The number of benzene rings is 3. The third-order valence-corrected chi connectivity index (χ3v) is 4.50. The molecule has 3 heteroatoms. The van der Waals surface area contributed by atoms with Crippen LogP contribution in [0.4, 0.5) is 5.69 Å². The molecular weight excluding hydrogens is 397 g/mol. The standard InChI is InChI=1S/C20H16INO/c21-18-13-7-8-14-19(18)22(15-16-9-3-1-4-10-16)20(23)17-11-5-2-6-12-17/h1-14H,15H2. The lowest BCUT2D eigenvalue weighted by atomic mass is 10.1. The second kappa shape index (κ2) is 7.42. The Bertz CT molecular complexity index is 787. The number of hydrogen-bond donors (Lipinski definition) is 0. The summed E-state index contributed by atoms with van der Waals surface area (Å²) >= 11 is 2.28. The van der Waals surface area contributed by atoms with E-state index in [1.165, 1.54) is 0 Å². The van der Waals surface area contributed by atoms with Gasteiger partial charge >= 0.3 is 0 Å². The number of halogens is 1. The lowest BCUT2D eigenvalue weighted by Gasteiger charge is -2.24. The number of rotatable bonds is 4. The van der Waals surface area contributed by atoms with Crippen molar-refractivity contribution in [1.29, 1.82) is 0 Å². The average molecular weight is 413 g/mol. The van der Waals surface area contributed by atoms with Crippen molar-refractivity contribution < 1.29 is 4.79 Å². The molecule has 0 bridgehead atoms. The highest BCUT2D eigenvalue weighted by Gasteiger charge is 2.19. The Morgan fingerprint density at radius 3 is 2.00 bits per heavy atom. The summed E-state index contributed by atoms with van der Waals surface area (Å²) < 4.78 is 1.06. The van der Waals surface area contributed by atoms with Crippen molar-refractivity contribution in [2.24, 2.45) is 0 Å². The number of amides is 1. The first kappa shape index (κ1) is 15.7. The van der Waals surface area contributed by atoms with Crippen LogP contribution in [0, 0.1) is 3.57 Å². The number of nitrogens with zero attached hydrogens (tertiary/aromatic N) is 1. The van der Waals surface area contributed by atoms with Crippen molar-refractivity contribution in [2.75, 3.05) is 4.90 Å². The summed E-state index contributed by atoms with van der Waals surface area (Å²) in [7, 11) is 0. The van der Waals surface area contributed by atoms with Gasteiger partial charge in [-0.1, -0.05) is 60.7 Å². The maximum atomic E-state index is 13.0. The lowest BCUT2D eigenvalue weighted by Crippen LogP contribution is -2.31. The van der Waals surface area contributed by atoms with E-state index in [1.54, 1.807) is 0 Å². The summed E-state index contributed by atoms with van der Waals surface area (Å²) in [4.78, 5) is 14.9. The quantitative estimate of drug-likeness (QED) is 0.543. The van der Waals surface area contributed by atoms with Crippen molar-refractivity contribution in [3.05, 3.63) is 99.6 Å². The molecule has 0 N–H and O–H groups in total. The van der Waals surface area contributed by atoms with E-state index in [0.717, 1.165) is 14.8 Å². The number of hydrogen-bond acceptors (Lipinski definition) is 1. The predicted molar refractivity (Wildman–Crippen MR) is 103 cm³/mol. The fourth-order valence-electron chi connectivity index (χ4n) is 2.44. The molecule has 0 aliphatic carbocycles. The van der Waals surface area contributed by atoms with Gasteiger partial charge in [-0.2, -0.15) is 0 Å². The van der Waals surface area contributed by atoms with Gasteiger partial charge in [-0.05, 0) is 52.4 Å². The van der Waals surface area contributed by atoms with E-state index in [2.05, 4.69) is 22.6 Å². The fourth-order valence-corrected chi connectivity index (χ4v) is 3.12. The number of carbonyl (C=O) groups excluding carboxylic acids is 1. The molecule has 2 nitrogen and oxygen atoms in total. The van der Waals surface area contributed by atoms with Crippen LogP contribution in [-0.2, 0) is 6.54 Å². The van der Waals surface area contributed by atoms with E-state index in [1.807, 2.05) is 89.8 Å². The first-order valence-corrected chi connectivity index (χ1v) is 8.49. The summed E-state index contributed by atoms with van der Waals surface area (Å²) in [5.74, 6) is 0.0126. The Balaban J connectivity index is 2.00. The molecule has 0 unspecified atom stereocenters. The number of para-hydroxylation sites is 1. The van der Waals surface area contributed by atoms with Gasteiger partial charge in [-0.25, -0.2) is 0 Å². The SMILES string of the molecule is O=C(c1ccccc1)N(Cc1ccccc1)c1ccccc1I. The molecule has 0 saturated carbocycles. The zero-order valence-corrected chi connectivity index (χ0v) is 14.7. The van der Waals surface area contributed by atoms with E-state index in [9.17, 15) is 4.79 Å². The molecule has 3 aromatic carbocycles. The molecule has 0 aromatic heterocycles. The van der Waals surface area contributed by atoms with E-state index < -0.39 is 0 Å².